The van der Waals surface area contributed by atoms with E-state index in [1.807, 2.05) is 19.9 Å². The Morgan fingerprint density at radius 1 is 1.14 bits per heavy atom. The average Bonchev–Trinajstić information content (AvgIpc) is 3.20. The molecule has 2 amide bonds. The topological polar surface area (TPSA) is 113 Å². The van der Waals surface area contributed by atoms with Crippen molar-refractivity contribution in [3.05, 3.63) is 76.4 Å². The lowest BCUT2D eigenvalue weighted by atomic mass is 10.1. The summed E-state index contributed by atoms with van der Waals surface area (Å²) in [6, 6.07) is 9.85. The minimum Gasteiger partial charge on any atom is -0.348 e. The van der Waals surface area contributed by atoms with Crippen LogP contribution in [0.4, 0.5) is 10.3 Å². The molecule has 35 heavy (non-hydrogen) atoms. The Bertz CT molecular complexity index is 1410. The van der Waals surface area contributed by atoms with Crippen molar-refractivity contribution >= 4 is 39.4 Å². The molecule has 0 spiro atoms. The van der Waals surface area contributed by atoms with Crippen molar-refractivity contribution < 1.29 is 14.0 Å². The van der Waals surface area contributed by atoms with Crippen LogP contribution in [0.3, 0.4) is 0 Å². The van der Waals surface area contributed by atoms with Crippen LogP contribution < -0.4 is 10.6 Å². The van der Waals surface area contributed by atoms with E-state index < -0.39 is 5.82 Å². The Balaban J connectivity index is 1.32. The molecule has 1 saturated heterocycles. The van der Waals surface area contributed by atoms with E-state index in [-0.39, 0.29) is 35.5 Å². The Labute approximate surface area is 204 Å². The van der Waals surface area contributed by atoms with Crippen LogP contribution in [0.5, 0.6) is 0 Å². The highest BCUT2D eigenvalue weighted by molar-refractivity contribution is 7.18. The van der Waals surface area contributed by atoms with Crippen LogP contribution >= 0.6 is 11.3 Å². The van der Waals surface area contributed by atoms with Crippen LogP contribution in [0.1, 0.15) is 44.4 Å². The SMILES string of the molecule is Cc1nc2nc(N[C@@H](C)c3cncc(F)c3)nc(C(=O)N3CC(NC(=O)c4ccccc4)C3)c2s1. The van der Waals surface area contributed by atoms with Gasteiger partial charge in [-0.25, -0.2) is 14.4 Å². The molecule has 178 valence electrons. The largest absolute Gasteiger partial charge is 0.348 e. The van der Waals surface area contributed by atoms with Gasteiger partial charge in [0, 0.05) is 24.8 Å². The Morgan fingerprint density at radius 3 is 2.66 bits per heavy atom. The fourth-order valence-corrected chi connectivity index (χ4v) is 4.66. The van der Waals surface area contributed by atoms with Crippen molar-refractivity contribution in [2.45, 2.75) is 25.9 Å². The molecule has 0 bridgehead atoms. The zero-order chi connectivity index (χ0) is 24.5. The molecule has 11 heteroatoms. The number of hydrogen-bond donors (Lipinski definition) is 2. The molecule has 0 saturated carbocycles. The van der Waals surface area contributed by atoms with Gasteiger partial charge in [-0.05, 0) is 37.6 Å². The number of pyridine rings is 1. The molecule has 1 aliphatic rings. The van der Waals surface area contributed by atoms with Crippen LogP contribution in [-0.2, 0) is 0 Å². The third kappa shape index (κ3) is 4.80. The maximum atomic E-state index is 13.6. The highest BCUT2D eigenvalue weighted by Crippen LogP contribution is 2.28. The number of aromatic nitrogens is 4. The molecular weight excluding hydrogens is 469 g/mol. The first-order valence-electron chi connectivity index (χ1n) is 11.0. The summed E-state index contributed by atoms with van der Waals surface area (Å²) in [5.74, 6) is -0.644. The monoisotopic (exact) mass is 491 g/mol. The zero-order valence-electron chi connectivity index (χ0n) is 19.0. The van der Waals surface area contributed by atoms with Gasteiger partial charge in [0.2, 0.25) is 5.95 Å². The van der Waals surface area contributed by atoms with E-state index in [0.29, 0.717) is 34.6 Å². The number of benzene rings is 1. The van der Waals surface area contributed by atoms with E-state index in [2.05, 4.69) is 30.6 Å². The molecule has 1 aliphatic heterocycles. The van der Waals surface area contributed by atoms with Gasteiger partial charge in [0.1, 0.15) is 10.5 Å². The van der Waals surface area contributed by atoms with E-state index in [1.54, 1.807) is 35.4 Å². The summed E-state index contributed by atoms with van der Waals surface area (Å²) in [5.41, 5.74) is 1.87. The summed E-state index contributed by atoms with van der Waals surface area (Å²) in [6.07, 6.45) is 2.69. The van der Waals surface area contributed by atoms with E-state index >= 15 is 0 Å². The number of halogens is 1. The summed E-state index contributed by atoms with van der Waals surface area (Å²) >= 11 is 1.35. The third-order valence-corrected chi connectivity index (χ3v) is 6.64. The van der Waals surface area contributed by atoms with Gasteiger partial charge < -0.3 is 15.5 Å². The van der Waals surface area contributed by atoms with Crippen molar-refractivity contribution in [2.24, 2.45) is 0 Å². The predicted octanol–water partition coefficient (Wildman–Crippen LogP) is 3.36. The molecule has 5 rings (SSSR count). The number of fused-ring (bicyclic) bond motifs is 1. The van der Waals surface area contributed by atoms with Gasteiger partial charge >= 0.3 is 0 Å². The molecule has 2 N–H and O–H groups in total. The Hall–Kier alpha value is -3.99. The Kier molecular flexibility index (Phi) is 6.08. The van der Waals surface area contributed by atoms with Crippen molar-refractivity contribution in [3.63, 3.8) is 0 Å². The number of thiazole rings is 1. The van der Waals surface area contributed by atoms with Crippen LogP contribution in [0.15, 0.2) is 48.8 Å². The molecule has 0 radical (unpaired) electrons. The standard InChI is InChI=1S/C24H22FN7O2S/c1-13(16-8-17(25)10-26-9-16)27-24-30-19(20-21(31-24)28-14(2)35-20)23(34)32-11-18(12-32)29-22(33)15-6-4-3-5-7-15/h3-10,13,18H,11-12H2,1-2H3,(H,29,33)(H,27,30,31)/t13-/m0/s1. The number of hydrogen-bond acceptors (Lipinski definition) is 8. The van der Waals surface area contributed by atoms with E-state index in [0.717, 1.165) is 11.2 Å². The second-order valence-electron chi connectivity index (χ2n) is 8.33. The van der Waals surface area contributed by atoms with Crippen LogP contribution in [0, 0.1) is 12.7 Å². The van der Waals surface area contributed by atoms with E-state index in [9.17, 15) is 14.0 Å². The first-order valence-corrected chi connectivity index (χ1v) is 11.9. The third-order valence-electron chi connectivity index (χ3n) is 5.67. The van der Waals surface area contributed by atoms with Crippen molar-refractivity contribution in [1.29, 1.82) is 0 Å². The molecule has 4 aromatic rings. The Morgan fingerprint density at radius 2 is 1.91 bits per heavy atom. The minimum absolute atomic E-state index is 0.134. The lowest BCUT2D eigenvalue weighted by Crippen LogP contribution is -2.61. The van der Waals surface area contributed by atoms with Crippen molar-refractivity contribution in [3.8, 4) is 0 Å². The number of aryl methyl sites for hydroxylation is 1. The molecule has 1 aromatic carbocycles. The molecule has 0 unspecified atom stereocenters. The molecule has 1 atom stereocenters. The fourth-order valence-electron chi connectivity index (χ4n) is 3.82. The fraction of sp³-hybridized carbons (Fsp3) is 0.250. The molecular formula is C24H22FN7O2S. The van der Waals surface area contributed by atoms with Gasteiger partial charge in [-0.2, -0.15) is 4.98 Å². The molecule has 1 fully saturated rings. The number of rotatable bonds is 6. The highest BCUT2D eigenvalue weighted by Gasteiger charge is 2.34. The van der Waals surface area contributed by atoms with Gasteiger partial charge in [-0.3, -0.25) is 14.6 Å². The normalized spacial score (nSPS) is 14.4. The van der Waals surface area contributed by atoms with Crippen molar-refractivity contribution in [2.75, 3.05) is 18.4 Å². The number of nitrogens with one attached hydrogen (secondary N) is 2. The highest BCUT2D eigenvalue weighted by atomic mass is 32.1. The second kappa shape index (κ2) is 9.34. The van der Waals surface area contributed by atoms with Gasteiger partial charge in [0.05, 0.1) is 23.3 Å². The number of anilines is 1. The van der Waals surface area contributed by atoms with Crippen LogP contribution in [0.25, 0.3) is 10.3 Å². The molecule has 4 heterocycles. The lowest BCUT2D eigenvalue weighted by molar-refractivity contribution is 0.0539. The molecule has 9 nitrogen and oxygen atoms in total. The van der Waals surface area contributed by atoms with E-state index in [4.69, 9.17) is 0 Å². The number of likely N-dealkylation sites (tertiary alicyclic amines) is 1. The van der Waals surface area contributed by atoms with Crippen molar-refractivity contribution in [1.82, 2.24) is 30.2 Å². The first-order chi connectivity index (χ1) is 16.9. The maximum absolute atomic E-state index is 13.6. The predicted molar refractivity (Wildman–Crippen MR) is 130 cm³/mol. The molecule has 3 aromatic heterocycles. The van der Waals surface area contributed by atoms with Gasteiger partial charge in [-0.1, -0.05) is 18.2 Å². The number of nitrogens with zero attached hydrogens (tertiary/aromatic N) is 5. The number of carbonyl (C=O) groups is 2. The summed E-state index contributed by atoms with van der Waals surface area (Å²) < 4.78 is 14.2. The quantitative estimate of drug-likeness (QED) is 0.425. The summed E-state index contributed by atoms with van der Waals surface area (Å²) in [4.78, 5) is 44.6. The smallest absolute Gasteiger partial charge is 0.274 e. The average molecular weight is 492 g/mol. The summed E-state index contributed by atoms with van der Waals surface area (Å²) in [5, 5.41) is 6.83. The molecule has 0 aliphatic carbocycles. The first kappa shape index (κ1) is 22.8. The minimum atomic E-state index is -0.440. The summed E-state index contributed by atoms with van der Waals surface area (Å²) in [6.45, 7) is 4.43. The summed E-state index contributed by atoms with van der Waals surface area (Å²) in [7, 11) is 0. The van der Waals surface area contributed by atoms with Crippen LogP contribution in [-0.4, -0.2) is 55.8 Å². The number of amides is 2. The maximum Gasteiger partial charge on any atom is 0.274 e. The van der Waals surface area contributed by atoms with E-state index in [1.165, 1.54) is 17.4 Å². The number of carbonyl (C=O) groups excluding carboxylic acids is 2. The zero-order valence-corrected chi connectivity index (χ0v) is 19.8. The second-order valence-corrected chi connectivity index (χ2v) is 9.53. The van der Waals surface area contributed by atoms with Gasteiger partial charge in [0.15, 0.2) is 11.3 Å². The lowest BCUT2D eigenvalue weighted by Gasteiger charge is -2.39. The van der Waals surface area contributed by atoms with Gasteiger partial charge in [0.25, 0.3) is 11.8 Å². The van der Waals surface area contributed by atoms with Crippen LogP contribution in [0.2, 0.25) is 0 Å². The van der Waals surface area contributed by atoms with Gasteiger partial charge in [-0.15, -0.1) is 11.3 Å².